The SMILES string of the molecule is CCn1c(=O)c2ccccc2n2nc(Oc3ccccc3)nc12. The smallest absolute Gasteiger partial charge is 0.343 e. The molecular weight excluding hydrogens is 292 g/mol. The van der Waals surface area contributed by atoms with Gasteiger partial charge in [0, 0.05) is 6.54 Å². The highest BCUT2D eigenvalue weighted by Gasteiger charge is 2.15. The number of hydrogen-bond donors (Lipinski definition) is 0. The maximum absolute atomic E-state index is 12.6. The van der Waals surface area contributed by atoms with Crippen LogP contribution >= 0.6 is 0 Å². The van der Waals surface area contributed by atoms with E-state index in [1.165, 1.54) is 0 Å². The summed E-state index contributed by atoms with van der Waals surface area (Å²) in [5.74, 6) is 1.13. The van der Waals surface area contributed by atoms with Crippen LogP contribution in [0.2, 0.25) is 0 Å². The van der Waals surface area contributed by atoms with Crippen LogP contribution in [-0.4, -0.2) is 19.2 Å². The van der Waals surface area contributed by atoms with Gasteiger partial charge in [-0.05, 0) is 31.2 Å². The second-order valence-corrected chi connectivity index (χ2v) is 5.09. The van der Waals surface area contributed by atoms with E-state index in [0.29, 0.717) is 29.0 Å². The second-order valence-electron chi connectivity index (χ2n) is 5.09. The lowest BCUT2D eigenvalue weighted by atomic mass is 10.2. The monoisotopic (exact) mass is 306 g/mol. The van der Waals surface area contributed by atoms with Crippen molar-refractivity contribution in [3.63, 3.8) is 0 Å². The molecule has 0 aliphatic carbocycles. The van der Waals surface area contributed by atoms with Crippen molar-refractivity contribution >= 4 is 16.7 Å². The van der Waals surface area contributed by atoms with Crippen LogP contribution in [0, 0.1) is 0 Å². The van der Waals surface area contributed by atoms with Crippen molar-refractivity contribution < 1.29 is 4.74 Å². The summed E-state index contributed by atoms with van der Waals surface area (Å²) in [6, 6.07) is 16.9. The molecule has 0 saturated heterocycles. The number of rotatable bonds is 3. The van der Waals surface area contributed by atoms with Gasteiger partial charge in [0.1, 0.15) is 5.75 Å². The number of aryl methyl sites for hydroxylation is 1. The van der Waals surface area contributed by atoms with Gasteiger partial charge in [0.15, 0.2) is 0 Å². The molecule has 6 heteroatoms. The van der Waals surface area contributed by atoms with Crippen LogP contribution in [0.3, 0.4) is 0 Å². The molecule has 0 spiro atoms. The van der Waals surface area contributed by atoms with Crippen molar-refractivity contribution in [3.05, 3.63) is 65.0 Å². The third-order valence-electron chi connectivity index (χ3n) is 3.69. The highest BCUT2D eigenvalue weighted by molar-refractivity contribution is 5.79. The Hall–Kier alpha value is -3.15. The molecule has 4 aromatic rings. The summed E-state index contributed by atoms with van der Waals surface area (Å²) in [6.45, 7) is 2.42. The summed E-state index contributed by atoms with van der Waals surface area (Å²) < 4.78 is 8.93. The molecule has 0 aliphatic heterocycles. The molecule has 0 atom stereocenters. The Morgan fingerprint density at radius 3 is 2.57 bits per heavy atom. The topological polar surface area (TPSA) is 61.4 Å². The molecule has 0 bridgehead atoms. The number of hydrogen-bond acceptors (Lipinski definition) is 4. The Balaban J connectivity index is 1.97. The Morgan fingerprint density at radius 2 is 1.78 bits per heavy atom. The molecule has 0 aliphatic rings. The Morgan fingerprint density at radius 1 is 1.04 bits per heavy atom. The number of fused-ring (bicyclic) bond motifs is 3. The quantitative estimate of drug-likeness (QED) is 0.584. The van der Waals surface area contributed by atoms with E-state index in [0.717, 1.165) is 0 Å². The van der Waals surface area contributed by atoms with Gasteiger partial charge in [-0.2, -0.15) is 9.50 Å². The third kappa shape index (κ3) is 2.15. The van der Waals surface area contributed by atoms with Crippen LogP contribution in [-0.2, 0) is 6.54 Å². The lowest BCUT2D eigenvalue weighted by molar-refractivity contribution is 0.443. The van der Waals surface area contributed by atoms with Crippen molar-refractivity contribution in [2.24, 2.45) is 0 Å². The van der Waals surface area contributed by atoms with Gasteiger partial charge in [0.05, 0.1) is 10.9 Å². The van der Waals surface area contributed by atoms with E-state index in [9.17, 15) is 4.79 Å². The fourth-order valence-electron chi connectivity index (χ4n) is 2.62. The van der Waals surface area contributed by atoms with E-state index in [4.69, 9.17) is 4.74 Å². The molecule has 6 nitrogen and oxygen atoms in total. The average Bonchev–Trinajstić information content (AvgIpc) is 3.00. The maximum atomic E-state index is 12.6. The number of nitrogens with zero attached hydrogens (tertiary/aromatic N) is 4. The summed E-state index contributed by atoms with van der Waals surface area (Å²) >= 11 is 0. The van der Waals surface area contributed by atoms with Crippen molar-refractivity contribution in [3.8, 4) is 11.8 Å². The molecule has 0 radical (unpaired) electrons. The standard InChI is InChI=1S/C17H14N4O2/c1-2-20-15(22)13-10-6-7-11-14(13)21-17(20)18-16(19-21)23-12-8-4-3-5-9-12/h3-11H,2H2,1H3. The number of benzene rings is 2. The van der Waals surface area contributed by atoms with Crippen LogP contribution in [0.15, 0.2) is 59.4 Å². The van der Waals surface area contributed by atoms with Gasteiger partial charge in [0.25, 0.3) is 5.56 Å². The molecule has 0 N–H and O–H groups in total. The van der Waals surface area contributed by atoms with E-state index in [1.807, 2.05) is 55.5 Å². The van der Waals surface area contributed by atoms with E-state index in [-0.39, 0.29) is 11.6 Å². The van der Waals surface area contributed by atoms with E-state index in [1.54, 1.807) is 15.1 Å². The lowest BCUT2D eigenvalue weighted by Gasteiger charge is -2.06. The van der Waals surface area contributed by atoms with Gasteiger partial charge in [-0.15, -0.1) is 5.10 Å². The molecule has 2 aromatic heterocycles. The van der Waals surface area contributed by atoms with E-state index >= 15 is 0 Å². The van der Waals surface area contributed by atoms with Gasteiger partial charge in [-0.25, -0.2) is 0 Å². The van der Waals surface area contributed by atoms with Crippen molar-refractivity contribution in [2.45, 2.75) is 13.5 Å². The minimum atomic E-state index is -0.0748. The van der Waals surface area contributed by atoms with Crippen molar-refractivity contribution in [2.75, 3.05) is 0 Å². The van der Waals surface area contributed by atoms with Crippen LogP contribution in [0.5, 0.6) is 11.8 Å². The van der Waals surface area contributed by atoms with Crippen LogP contribution in [0.4, 0.5) is 0 Å². The van der Waals surface area contributed by atoms with E-state index in [2.05, 4.69) is 10.1 Å². The van der Waals surface area contributed by atoms with Crippen LogP contribution in [0.1, 0.15) is 6.92 Å². The van der Waals surface area contributed by atoms with Crippen molar-refractivity contribution in [1.82, 2.24) is 19.2 Å². The van der Waals surface area contributed by atoms with Gasteiger partial charge in [-0.1, -0.05) is 30.3 Å². The molecule has 0 amide bonds. The fraction of sp³-hybridized carbons (Fsp3) is 0.118. The fourth-order valence-corrected chi connectivity index (χ4v) is 2.62. The van der Waals surface area contributed by atoms with Gasteiger partial charge >= 0.3 is 6.01 Å². The van der Waals surface area contributed by atoms with E-state index < -0.39 is 0 Å². The molecule has 0 saturated carbocycles. The predicted octanol–water partition coefficient (Wildman–Crippen LogP) is 2.86. The van der Waals surface area contributed by atoms with Crippen LogP contribution in [0.25, 0.3) is 16.7 Å². The van der Waals surface area contributed by atoms with Gasteiger partial charge < -0.3 is 4.74 Å². The molecule has 2 aromatic carbocycles. The summed E-state index contributed by atoms with van der Waals surface area (Å²) in [5, 5.41) is 5.02. The first-order chi connectivity index (χ1) is 11.3. The van der Waals surface area contributed by atoms with Gasteiger partial charge in [0.2, 0.25) is 5.78 Å². The van der Waals surface area contributed by atoms with Crippen LogP contribution < -0.4 is 10.3 Å². The highest BCUT2D eigenvalue weighted by atomic mass is 16.5. The zero-order chi connectivity index (χ0) is 15.8. The zero-order valence-electron chi connectivity index (χ0n) is 12.5. The highest BCUT2D eigenvalue weighted by Crippen LogP contribution is 2.19. The molecule has 0 unspecified atom stereocenters. The Labute approximate surface area is 131 Å². The first kappa shape index (κ1) is 13.5. The first-order valence-electron chi connectivity index (χ1n) is 7.39. The lowest BCUT2D eigenvalue weighted by Crippen LogP contribution is -2.22. The van der Waals surface area contributed by atoms with Gasteiger partial charge in [-0.3, -0.25) is 9.36 Å². The molecule has 114 valence electrons. The first-order valence-corrected chi connectivity index (χ1v) is 7.39. The number of ether oxygens (including phenoxy) is 1. The molecule has 23 heavy (non-hydrogen) atoms. The minimum Gasteiger partial charge on any atom is -0.423 e. The summed E-state index contributed by atoms with van der Waals surface area (Å²) in [7, 11) is 0. The average molecular weight is 306 g/mol. The molecule has 4 rings (SSSR count). The minimum absolute atomic E-state index is 0.0748. The summed E-state index contributed by atoms with van der Waals surface area (Å²) in [6.07, 6.45) is 0. The number of aromatic nitrogens is 4. The summed E-state index contributed by atoms with van der Waals surface area (Å²) in [5.41, 5.74) is 0.641. The summed E-state index contributed by atoms with van der Waals surface area (Å²) in [4.78, 5) is 17.0. The molecule has 0 fully saturated rings. The van der Waals surface area contributed by atoms with Crippen molar-refractivity contribution in [1.29, 1.82) is 0 Å². The normalized spacial score (nSPS) is 11.2. The third-order valence-corrected chi connectivity index (χ3v) is 3.69. The second kappa shape index (κ2) is 5.24. The maximum Gasteiger partial charge on any atom is 0.343 e. The Bertz CT molecular complexity index is 1050. The molecular formula is C17H14N4O2. The zero-order valence-corrected chi connectivity index (χ0v) is 12.5. The Kier molecular flexibility index (Phi) is 3.08. The largest absolute Gasteiger partial charge is 0.423 e. The predicted molar refractivity (Wildman–Crippen MR) is 86.9 cm³/mol. The number of para-hydroxylation sites is 2. The molecule has 2 heterocycles.